The van der Waals surface area contributed by atoms with Gasteiger partial charge in [-0.3, -0.25) is 4.79 Å². The second-order valence-electron chi connectivity index (χ2n) is 8.50. The van der Waals surface area contributed by atoms with Gasteiger partial charge in [0.05, 0.1) is 4.90 Å². The Balaban J connectivity index is 2.14. The highest BCUT2D eigenvalue weighted by molar-refractivity contribution is 7.89. The van der Waals surface area contributed by atoms with Crippen molar-refractivity contribution in [1.29, 1.82) is 0 Å². The van der Waals surface area contributed by atoms with Gasteiger partial charge in [-0.15, -0.1) is 0 Å². The Morgan fingerprint density at radius 1 is 1.17 bits per heavy atom. The monoisotopic (exact) mass is 352 g/mol. The maximum absolute atomic E-state index is 12.5. The summed E-state index contributed by atoms with van der Waals surface area (Å²) in [6, 6.07) is 6.24. The third kappa shape index (κ3) is 5.60. The Morgan fingerprint density at radius 2 is 1.79 bits per heavy atom. The zero-order chi connectivity index (χ0) is 18.2. The van der Waals surface area contributed by atoms with Crippen LogP contribution in [0.3, 0.4) is 0 Å². The highest BCUT2D eigenvalue weighted by atomic mass is 32.2. The van der Waals surface area contributed by atoms with Crippen LogP contribution in [0.15, 0.2) is 29.2 Å². The molecule has 2 rings (SSSR count). The molecule has 0 aliphatic heterocycles. The summed E-state index contributed by atoms with van der Waals surface area (Å²) in [5.41, 5.74) is 0.0581. The number of carbonyl (C=O) groups is 1. The van der Waals surface area contributed by atoms with Crippen LogP contribution in [-0.2, 0) is 10.0 Å². The van der Waals surface area contributed by atoms with E-state index in [1.54, 1.807) is 12.1 Å². The molecule has 5 nitrogen and oxygen atoms in total. The van der Waals surface area contributed by atoms with E-state index in [0.717, 1.165) is 19.3 Å². The van der Waals surface area contributed by atoms with Crippen molar-refractivity contribution < 1.29 is 13.2 Å². The van der Waals surface area contributed by atoms with Crippen LogP contribution in [0.4, 0.5) is 0 Å². The van der Waals surface area contributed by atoms with E-state index in [4.69, 9.17) is 0 Å². The van der Waals surface area contributed by atoms with Crippen LogP contribution in [0, 0.1) is 5.41 Å². The Kier molecular flexibility index (Phi) is 5.11. The zero-order valence-electron chi connectivity index (χ0n) is 15.1. The van der Waals surface area contributed by atoms with Crippen molar-refractivity contribution >= 4 is 15.9 Å². The molecule has 134 valence electrons. The van der Waals surface area contributed by atoms with Crippen LogP contribution < -0.4 is 10.0 Å². The number of hydrogen-bond donors (Lipinski definition) is 2. The number of carbonyl (C=O) groups excluding carboxylic acids is 1. The smallest absolute Gasteiger partial charge is 0.251 e. The first-order valence-corrected chi connectivity index (χ1v) is 9.81. The highest BCUT2D eigenvalue weighted by Gasteiger charge is 2.29. The number of nitrogens with one attached hydrogen (secondary N) is 2. The van der Waals surface area contributed by atoms with Gasteiger partial charge in [0.1, 0.15) is 0 Å². The summed E-state index contributed by atoms with van der Waals surface area (Å²) in [4.78, 5) is 12.7. The number of benzene rings is 1. The molecule has 2 N–H and O–H groups in total. The van der Waals surface area contributed by atoms with Crippen LogP contribution in [0.25, 0.3) is 0 Å². The molecule has 6 heteroatoms. The van der Waals surface area contributed by atoms with E-state index in [2.05, 4.69) is 30.8 Å². The topological polar surface area (TPSA) is 75.3 Å². The van der Waals surface area contributed by atoms with E-state index >= 15 is 0 Å². The lowest BCUT2D eigenvalue weighted by molar-refractivity contribution is 0.0891. The fourth-order valence-corrected chi connectivity index (χ4v) is 4.39. The minimum absolute atomic E-state index is 0.0400. The first-order valence-electron chi connectivity index (χ1n) is 8.33. The molecule has 0 heterocycles. The predicted octanol–water partition coefficient (Wildman–Crippen LogP) is 3.07. The quantitative estimate of drug-likeness (QED) is 0.826. The molecule has 1 saturated carbocycles. The van der Waals surface area contributed by atoms with Gasteiger partial charge in [-0.25, -0.2) is 13.1 Å². The second kappa shape index (κ2) is 6.48. The average Bonchev–Trinajstić information content (AvgIpc) is 3.18. The second-order valence-corrected chi connectivity index (χ2v) is 10.2. The van der Waals surface area contributed by atoms with E-state index in [1.165, 1.54) is 12.1 Å². The Hall–Kier alpha value is -1.40. The summed E-state index contributed by atoms with van der Waals surface area (Å²) in [6.45, 7) is 10.3. The summed E-state index contributed by atoms with van der Waals surface area (Å²) in [5.74, 6) is -0.257. The normalized spacial score (nSPS) is 16.0. The molecular formula is C18H28N2O3S. The van der Waals surface area contributed by atoms with Gasteiger partial charge in [-0.1, -0.05) is 26.8 Å². The van der Waals surface area contributed by atoms with Crippen LogP contribution in [-0.4, -0.2) is 25.9 Å². The molecule has 1 fully saturated rings. The van der Waals surface area contributed by atoms with E-state index in [9.17, 15) is 13.2 Å². The third-order valence-electron chi connectivity index (χ3n) is 3.73. The van der Waals surface area contributed by atoms with Gasteiger partial charge in [-0.05, 0) is 56.7 Å². The van der Waals surface area contributed by atoms with E-state index in [1.807, 2.05) is 13.8 Å². The Morgan fingerprint density at radius 3 is 2.33 bits per heavy atom. The average molecular weight is 353 g/mol. The van der Waals surface area contributed by atoms with Crippen molar-refractivity contribution in [3.05, 3.63) is 29.8 Å². The summed E-state index contributed by atoms with van der Waals surface area (Å²) in [5, 5.41) is 3.01. The Bertz CT molecular complexity index is 714. The van der Waals surface area contributed by atoms with Crippen LogP contribution in [0.5, 0.6) is 0 Å². The van der Waals surface area contributed by atoms with E-state index in [-0.39, 0.29) is 27.8 Å². The van der Waals surface area contributed by atoms with Gasteiger partial charge in [0.15, 0.2) is 0 Å². The van der Waals surface area contributed by atoms with Crippen molar-refractivity contribution in [2.45, 2.75) is 70.4 Å². The minimum atomic E-state index is -3.56. The van der Waals surface area contributed by atoms with Crippen molar-refractivity contribution in [2.24, 2.45) is 5.41 Å². The van der Waals surface area contributed by atoms with Crippen LogP contribution in [0.2, 0.25) is 0 Å². The molecule has 0 saturated heterocycles. The van der Waals surface area contributed by atoms with Gasteiger partial charge in [0.2, 0.25) is 10.0 Å². The molecule has 1 aromatic rings. The molecule has 0 spiro atoms. The molecule has 1 aliphatic rings. The highest BCUT2D eigenvalue weighted by Crippen LogP contribution is 2.27. The van der Waals surface area contributed by atoms with E-state index < -0.39 is 10.0 Å². The van der Waals surface area contributed by atoms with Gasteiger partial charge >= 0.3 is 0 Å². The minimum Gasteiger partial charge on any atom is -0.347 e. The first-order chi connectivity index (χ1) is 10.9. The number of rotatable bonds is 6. The van der Waals surface area contributed by atoms with Crippen LogP contribution >= 0.6 is 0 Å². The lowest BCUT2D eigenvalue weighted by Crippen LogP contribution is -2.45. The van der Waals surface area contributed by atoms with Crippen LogP contribution in [0.1, 0.15) is 64.2 Å². The fraction of sp³-hybridized carbons (Fsp3) is 0.611. The molecule has 0 bridgehead atoms. The van der Waals surface area contributed by atoms with Gasteiger partial charge in [-0.2, -0.15) is 0 Å². The molecular weight excluding hydrogens is 324 g/mol. The van der Waals surface area contributed by atoms with Gasteiger partial charge < -0.3 is 5.32 Å². The number of amides is 1. The zero-order valence-corrected chi connectivity index (χ0v) is 16.0. The van der Waals surface area contributed by atoms with Crippen molar-refractivity contribution in [3.63, 3.8) is 0 Å². The lowest BCUT2D eigenvalue weighted by Gasteiger charge is -2.33. The largest absolute Gasteiger partial charge is 0.347 e. The Labute approximate surface area is 145 Å². The molecule has 1 amide bonds. The molecule has 1 aromatic carbocycles. The maximum Gasteiger partial charge on any atom is 0.251 e. The van der Waals surface area contributed by atoms with Gasteiger partial charge in [0.25, 0.3) is 5.91 Å². The summed E-state index contributed by atoms with van der Waals surface area (Å²) in [7, 11) is -3.56. The predicted molar refractivity (Wildman–Crippen MR) is 95.4 cm³/mol. The van der Waals surface area contributed by atoms with Gasteiger partial charge in [0, 0.05) is 17.1 Å². The number of sulfonamides is 1. The lowest BCUT2D eigenvalue weighted by atomic mass is 9.81. The molecule has 0 radical (unpaired) electrons. The summed E-state index contributed by atoms with van der Waals surface area (Å²) < 4.78 is 27.2. The first kappa shape index (κ1) is 18.9. The van der Waals surface area contributed by atoms with Crippen molar-refractivity contribution in [3.8, 4) is 0 Å². The SMILES string of the molecule is CC(C)(C)CC(C)(C)NC(=O)c1cccc(S(=O)(=O)NC2CC2)c1. The van der Waals surface area contributed by atoms with Crippen molar-refractivity contribution in [2.75, 3.05) is 0 Å². The maximum atomic E-state index is 12.5. The standard InChI is InChI=1S/C18H28N2O3S/c1-17(2,3)12-18(4,5)19-16(21)13-7-6-8-15(11-13)24(22,23)20-14-9-10-14/h6-8,11,14,20H,9-10,12H2,1-5H3,(H,19,21). The molecule has 0 unspecified atom stereocenters. The van der Waals surface area contributed by atoms with E-state index in [0.29, 0.717) is 5.56 Å². The molecule has 0 atom stereocenters. The van der Waals surface area contributed by atoms with Crippen molar-refractivity contribution in [1.82, 2.24) is 10.0 Å². The molecule has 1 aliphatic carbocycles. The third-order valence-corrected chi connectivity index (χ3v) is 5.25. The fourth-order valence-electron chi connectivity index (χ4n) is 3.04. The molecule has 24 heavy (non-hydrogen) atoms. The summed E-state index contributed by atoms with van der Waals surface area (Å²) >= 11 is 0. The number of hydrogen-bond acceptors (Lipinski definition) is 3. The molecule has 0 aromatic heterocycles. The summed E-state index contributed by atoms with van der Waals surface area (Å²) in [6.07, 6.45) is 2.56.